The number of benzene rings is 1. The lowest BCUT2D eigenvalue weighted by Gasteiger charge is -2.43. The van der Waals surface area contributed by atoms with Crippen LogP contribution in [0, 0.1) is 5.92 Å². The van der Waals surface area contributed by atoms with Crippen LogP contribution in [0.15, 0.2) is 24.3 Å². The second-order valence-corrected chi connectivity index (χ2v) is 8.77. The molecule has 1 aliphatic carbocycles. The Balaban J connectivity index is 1.30. The number of aromatic nitrogens is 1. The molecular formula is C22H29N3O2. The minimum Gasteiger partial charge on any atom is -0.379 e. The number of hydrogen-bond acceptors (Lipinski definition) is 3. The molecule has 1 aromatic heterocycles. The Bertz CT molecular complexity index is 856. The van der Waals surface area contributed by atoms with Gasteiger partial charge in [0.15, 0.2) is 5.60 Å². The van der Waals surface area contributed by atoms with Crippen LogP contribution in [0.1, 0.15) is 43.4 Å². The van der Waals surface area contributed by atoms with Crippen LogP contribution in [-0.2, 0) is 17.8 Å². The molecule has 27 heavy (non-hydrogen) atoms. The molecule has 3 aliphatic rings. The van der Waals surface area contributed by atoms with E-state index in [1.54, 1.807) is 0 Å². The number of aromatic amines is 1. The predicted molar refractivity (Wildman–Crippen MR) is 105 cm³/mol. The number of H-pyrrole nitrogens is 1. The topological polar surface area (TPSA) is 59.6 Å². The number of likely N-dealkylation sites (tertiary alicyclic amines) is 1. The van der Waals surface area contributed by atoms with Gasteiger partial charge in [0.1, 0.15) is 0 Å². The van der Waals surface area contributed by atoms with Crippen molar-refractivity contribution in [3.8, 4) is 0 Å². The van der Waals surface area contributed by atoms with E-state index in [1.807, 2.05) is 4.90 Å². The second-order valence-electron chi connectivity index (χ2n) is 8.77. The first-order valence-corrected chi connectivity index (χ1v) is 10.4. The van der Waals surface area contributed by atoms with Gasteiger partial charge in [-0.3, -0.25) is 9.69 Å². The maximum Gasteiger partial charge on any atom is 0.255 e. The van der Waals surface area contributed by atoms with E-state index < -0.39 is 5.60 Å². The number of para-hydroxylation sites is 1. The lowest BCUT2D eigenvalue weighted by atomic mass is 9.83. The van der Waals surface area contributed by atoms with E-state index in [4.69, 9.17) is 0 Å². The highest BCUT2D eigenvalue weighted by molar-refractivity contribution is 5.86. The van der Waals surface area contributed by atoms with Gasteiger partial charge in [0, 0.05) is 49.3 Å². The maximum absolute atomic E-state index is 13.0. The predicted octanol–water partition coefficient (Wildman–Crippen LogP) is 2.68. The van der Waals surface area contributed by atoms with E-state index in [0.29, 0.717) is 18.9 Å². The van der Waals surface area contributed by atoms with Crippen LogP contribution in [0.2, 0.25) is 0 Å². The summed E-state index contributed by atoms with van der Waals surface area (Å²) < 4.78 is 0. The number of nitrogens with one attached hydrogen (secondary N) is 1. The van der Waals surface area contributed by atoms with Crippen molar-refractivity contribution in [2.75, 3.05) is 26.2 Å². The molecule has 1 unspecified atom stereocenters. The molecule has 5 heteroatoms. The summed E-state index contributed by atoms with van der Waals surface area (Å²) in [5.74, 6) is 0.614. The molecule has 2 aliphatic heterocycles. The zero-order chi connectivity index (χ0) is 18.4. The Hall–Kier alpha value is -1.85. The number of rotatable bonds is 4. The molecule has 2 fully saturated rings. The number of fused-ring (bicyclic) bond motifs is 3. The van der Waals surface area contributed by atoms with Gasteiger partial charge in [0.05, 0.1) is 0 Å². The number of β-amino-alcohol motifs (C(OH)–C–C–N with tert-alkyl or cyclic N) is 1. The van der Waals surface area contributed by atoms with Crippen LogP contribution in [0.3, 0.4) is 0 Å². The van der Waals surface area contributed by atoms with Crippen LogP contribution in [-0.4, -0.2) is 57.6 Å². The minimum absolute atomic E-state index is 0.0388. The van der Waals surface area contributed by atoms with Crippen LogP contribution in [0.25, 0.3) is 10.9 Å². The van der Waals surface area contributed by atoms with Crippen LogP contribution >= 0.6 is 0 Å². The van der Waals surface area contributed by atoms with Crippen LogP contribution < -0.4 is 0 Å². The zero-order valence-electron chi connectivity index (χ0n) is 15.9. The average molecular weight is 367 g/mol. The Kier molecular flexibility index (Phi) is 4.25. The highest BCUT2D eigenvalue weighted by Gasteiger charge is 2.44. The molecule has 2 aromatic rings. The number of nitrogens with zero attached hydrogens (tertiary/aromatic N) is 2. The standard InChI is InChI=1S/C22H29N3O2/c26-21-22(27,10-4-11-25(21)13-16-5-3-6-16)15-24-12-9-18-17-7-1-2-8-19(17)23-20(18)14-24/h1-2,7-8,16,23,27H,3-6,9-15H2. The fourth-order valence-electron chi connectivity index (χ4n) is 5.13. The van der Waals surface area contributed by atoms with Crippen molar-refractivity contribution < 1.29 is 9.90 Å². The molecular weight excluding hydrogens is 338 g/mol. The monoisotopic (exact) mass is 367 g/mol. The van der Waals surface area contributed by atoms with Crippen LogP contribution in [0.4, 0.5) is 0 Å². The summed E-state index contributed by atoms with van der Waals surface area (Å²) >= 11 is 0. The molecule has 5 nitrogen and oxygen atoms in total. The summed E-state index contributed by atoms with van der Waals surface area (Å²) in [4.78, 5) is 20.8. The van der Waals surface area contributed by atoms with Gasteiger partial charge in [-0.1, -0.05) is 24.6 Å². The third-order valence-corrected chi connectivity index (χ3v) is 6.85. The van der Waals surface area contributed by atoms with E-state index >= 15 is 0 Å². The molecule has 5 rings (SSSR count). The summed E-state index contributed by atoms with van der Waals surface area (Å²) in [5.41, 5.74) is 2.60. The van der Waals surface area contributed by atoms with Crippen molar-refractivity contribution in [3.05, 3.63) is 35.5 Å². The summed E-state index contributed by atoms with van der Waals surface area (Å²) in [6, 6.07) is 8.44. The molecule has 1 saturated carbocycles. The average Bonchev–Trinajstić information content (AvgIpc) is 2.99. The van der Waals surface area contributed by atoms with Gasteiger partial charge < -0.3 is 15.0 Å². The number of piperidine rings is 1. The Morgan fingerprint density at radius 1 is 1.19 bits per heavy atom. The number of amides is 1. The molecule has 0 radical (unpaired) electrons. The van der Waals surface area contributed by atoms with E-state index in [0.717, 1.165) is 39.0 Å². The first-order valence-electron chi connectivity index (χ1n) is 10.4. The normalized spacial score (nSPS) is 27.0. The Morgan fingerprint density at radius 3 is 2.85 bits per heavy atom. The van der Waals surface area contributed by atoms with Gasteiger partial charge in [0.25, 0.3) is 5.91 Å². The van der Waals surface area contributed by atoms with Crippen molar-refractivity contribution in [1.29, 1.82) is 0 Å². The molecule has 1 atom stereocenters. The molecule has 144 valence electrons. The van der Waals surface area contributed by atoms with Gasteiger partial charge >= 0.3 is 0 Å². The summed E-state index contributed by atoms with van der Waals surface area (Å²) in [7, 11) is 0. The molecule has 0 spiro atoms. The SMILES string of the molecule is O=C1N(CC2CCC2)CCCC1(O)CN1CCc2c([nH]c3ccccc23)C1. The fourth-order valence-corrected chi connectivity index (χ4v) is 5.13. The quantitative estimate of drug-likeness (QED) is 0.873. The number of aliphatic hydroxyl groups is 1. The van der Waals surface area contributed by atoms with Gasteiger partial charge in [-0.15, -0.1) is 0 Å². The van der Waals surface area contributed by atoms with Crippen molar-refractivity contribution in [3.63, 3.8) is 0 Å². The summed E-state index contributed by atoms with van der Waals surface area (Å²) in [6.07, 6.45) is 6.21. The summed E-state index contributed by atoms with van der Waals surface area (Å²) in [5, 5.41) is 12.5. The van der Waals surface area contributed by atoms with Gasteiger partial charge in [-0.05, 0) is 49.7 Å². The van der Waals surface area contributed by atoms with Crippen molar-refractivity contribution in [2.24, 2.45) is 5.92 Å². The van der Waals surface area contributed by atoms with E-state index in [-0.39, 0.29) is 5.91 Å². The lowest BCUT2D eigenvalue weighted by molar-refractivity contribution is -0.161. The molecule has 3 heterocycles. The third kappa shape index (κ3) is 3.07. The largest absolute Gasteiger partial charge is 0.379 e. The molecule has 1 aromatic carbocycles. The first-order chi connectivity index (χ1) is 13.1. The maximum atomic E-state index is 13.0. The molecule has 2 N–H and O–H groups in total. The van der Waals surface area contributed by atoms with E-state index in [2.05, 4.69) is 34.1 Å². The van der Waals surface area contributed by atoms with Gasteiger partial charge in [-0.2, -0.15) is 0 Å². The number of carbonyl (C=O) groups excluding carboxylic acids is 1. The number of carbonyl (C=O) groups is 1. The highest BCUT2D eigenvalue weighted by Crippen LogP contribution is 2.32. The van der Waals surface area contributed by atoms with Crippen LogP contribution in [0.5, 0.6) is 0 Å². The molecule has 0 bridgehead atoms. The smallest absolute Gasteiger partial charge is 0.255 e. The zero-order valence-corrected chi connectivity index (χ0v) is 15.9. The van der Waals surface area contributed by atoms with E-state index in [1.165, 1.54) is 41.4 Å². The molecule has 1 amide bonds. The van der Waals surface area contributed by atoms with Crippen molar-refractivity contribution in [1.82, 2.24) is 14.8 Å². The number of hydrogen-bond donors (Lipinski definition) is 2. The fraction of sp³-hybridized carbons (Fsp3) is 0.591. The van der Waals surface area contributed by atoms with Crippen molar-refractivity contribution >= 4 is 16.8 Å². The Morgan fingerprint density at radius 2 is 2.04 bits per heavy atom. The lowest BCUT2D eigenvalue weighted by Crippen LogP contribution is -2.59. The second kappa shape index (κ2) is 6.64. The van der Waals surface area contributed by atoms with E-state index in [9.17, 15) is 9.90 Å². The third-order valence-electron chi connectivity index (χ3n) is 6.85. The Labute approximate surface area is 160 Å². The molecule has 1 saturated heterocycles. The first kappa shape index (κ1) is 17.3. The highest BCUT2D eigenvalue weighted by atomic mass is 16.3. The van der Waals surface area contributed by atoms with Crippen molar-refractivity contribution in [2.45, 2.75) is 50.7 Å². The van der Waals surface area contributed by atoms with Gasteiger partial charge in [0.2, 0.25) is 0 Å². The minimum atomic E-state index is -1.22. The van der Waals surface area contributed by atoms with Gasteiger partial charge in [-0.25, -0.2) is 0 Å². The summed E-state index contributed by atoms with van der Waals surface area (Å²) in [6.45, 7) is 3.77.